The molecule has 1 unspecified atom stereocenters. The molecule has 0 saturated carbocycles. The number of carbonyl (C=O) groups excluding carboxylic acids is 1. The van der Waals surface area contributed by atoms with Crippen molar-refractivity contribution < 1.29 is 14.6 Å². The summed E-state index contributed by atoms with van der Waals surface area (Å²) >= 11 is 0. The molecule has 0 spiro atoms. The molecular formula is C19H21NO3. The standard InChI is InChI=1S/C19H21NO3/c1-2-18(21)15-7-9-16(10-8-15)23-13-19(22)20-12-11-14-5-3-4-6-17(14)20/h3-10,18,21H,2,11-13H2,1H3. The van der Waals surface area contributed by atoms with Crippen molar-refractivity contribution in [1.29, 1.82) is 0 Å². The van der Waals surface area contributed by atoms with Crippen LogP contribution < -0.4 is 9.64 Å². The first kappa shape index (κ1) is 15.6. The van der Waals surface area contributed by atoms with E-state index in [1.165, 1.54) is 5.56 Å². The van der Waals surface area contributed by atoms with Crippen LogP contribution in [0.2, 0.25) is 0 Å². The molecular weight excluding hydrogens is 290 g/mol. The average Bonchev–Trinajstić information content (AvgIpc) is 3.03. The molecule has 3 rings (SSSR count). The molecule has 0 bridgehead atoms. The van der Waals surface area contributed by atoms with Gasteiger partial charge in [0, 0.05) is 12.2 Å². The molecule has 1 aliphatic heterocycles. The molecule has 0 aromatic heterocycles. The van der Waals surface area contributed by atoms with Gasteiger partial charge >= 0.3 is 0 Å². The summed E-state index contributed by atoms with van der Waals surface area (Å²) in [6.45, 7) is 2.66. The zero-order chi connectivity index (χ0) is 16.2. The molecule has 0 radical (unpaired) electrons. The Morgan fingerprint density at radius 1 is 1.22 bits per heavy atom. The summed E-state index contributed by atoms with van der Waals surface area (Å²) in [6, 6.07) is 15.2. The van der Waals surface area contributed by atoms with Crippen LogP contribution in [0.15, 0.2) is 48.5 Å². The fraction of sp³-hybridized carbons (Fsp3) is 0.316. The molecule has 1 heterocycles. The first-order valence-electron chi connectivity index (χ1n) is 7.98. The zero-order valence-electron chi connectivity index (χ0n) is 13.2. The van der Waals surface area contributed by atoms with Crippen molar-refractivity contribution in [3.8, 4) is 5.75 Å². The topological polar surface area (TPSA) is 49.8 Å². The lowest BCUT2D eigenvalue weighted by Gasteiger charge is -2.17. The largest absolute Gasteiger partial charge is 0.484 e. The predicted octanol–water partition coefficient (Wildman–Crippen LogP) is 3.10. The third-order valence-corrected chi connectivity index (χ3v) is 4.20. The van der Waals surface area contributed by atoms with Crippen molar-refractivity contribution >= 4 is 11.6 Å². The number of fused-ring (bicyclic) bond motifs is 1. The molecule has 4 heteroatoms. The van der Waals surface area contributed by atoms with Crippen LogP contribution >= 0.6 is 0 Å². The maximum atomic E-state index is 12.4. The van der Waals surface area contributed by atoms with Crippen molar-refractivity contribution in [2.24, 2.45) is 0 Å². The second-order valence-corrected chi connectivity index (χ2v) is 5.71. The van der Waals surface area contributed by atoms with Crippen LogP contribution in [0.5, 0.6) is 5.75 Å². The van der Waals surface area contributed by atoms with E-state index in [0.29, 0.717) is 18.7 Å². The molecule has 1 atom stereocenters. The van der Waals surface area contributed by atoms with E-state index in [1.807, 2.05) is 37.3 Å². The molecule has 1 amide bonds. The summed E-state index contributed by atoms with van der Waals surface area (Å²) in [6.07, 6.45) is 1.12. The van der Waals surface area contributed by atoms with Gasteiger partial charge in [0.15, 0.2) is 6.61 Å². The molecule has 0 aliphatic carbocycles. The Hall–Kier alpha value is -2.33. The van der Waals surface area contributed by atoms with Gasteiger partial charge in [0.05, 0.1) is 6.10 Å². The predicted molar refractivity (Wildman–Crippen MR) is 89.7 cm³/mol. The van der Waals surface area contributed by atoms with Crippen LogP contribution in [0, 0.1) is 0 Å². The van der Waals surface area contributed by atoms with Crippen LogP contribution in [0.3, 0.4) is 0 Å². The number of anilines is 1. The molecule has 2 aromatic rings. The van der Waals surface area contributed by atoms with Crippen LogP contribution in [-0.2, 0) is 11.2 Å². The van der Waals surface area contributed by atoms with Gasteiger partial charge in [-0.05, 0) is 42.2 Å². The van der Waals surface area contributed by atoms with E-state index in [-0.39, 0.29) is 12.5 Å². The lowest BCUT2D eigenvalue weighted by Crippen LogP contribution is -2.33. The van der Waals surface area contributed by atoms with E-state index < -0.39 is 6.10 Å². The molecule has 2 aromatic carbocycles. The number of ether oxygens (including phenoxy) is 1. The van der Waals surface area contributed by atoms with Crippen molar-refractivity contribution in [2.75, 3.05) is 18.1 Å². The van der Waals surface area contributed by atoms with Crippen molar-refractivity contribution in [3.05, 3.63) is 59.7 Å². The lowest BCUT2D eigenvalue weighted by molar-refractivity contribution is -0.120. The number of rotatable bonds is 5. The number of amides is 1. The monoisotopic (exact) mass is 311 g/mol. The third-order valence-electron chi connectivity index (χ3n) is 4.20. The molecule has 1 aliphatic rings. The number of benzene rings is 2. The Balaban J connectivity index is 1.59. The van der Waals surface area contributed by atoms with E-state index >= 15 is 0 Å². The van der Waals surface area contributed by atoms with Gasteiger partial charge in [0.1, 0.15) is 5.75 Å². The smallest absolute Gasteiger partial charge is 0.264 e. The average molecular weight is 311 g/mol. The minimum atomic E-state index is -0.452. The van der Waals surface area contributed by atoms with Gasteiger partial charge in [-0.15, -0.1) is 0 Å². The molecule has 4 nitrogen and oxygen atoms in total. The Labute approximate surface area is 136 Å². The van der Waals surface area contributed by atoms with Gasteiger partial charge in [0.25, 0.3) is 5.91 Å². The number of aliphatic hydroxyl groups is 1. The van der Waals surface area contributed by atoms with Gasteiger partial charge in [-0.2, -0.15) is 0 Å². The summed E-state index contributed by atoms with van der Waals surface area (Å²) < 4.78 is 5.59. The normalized spacial score (nSPS) is 14.4. The van der Waals surface area contributed by atoms with E-state index in [0.717, 1.165) is 17.7 Å². The van der Waals surface area contributed by atoms with Crippen molar-refractivity contribution in [1.82, 2.24) is 0 Å². The summed E-state index contributed by atoms with van der Waals surface area (Å²) in [5, 5.41) is 9.77. The Morgan fingerprint density at radius 2 is 1.96 bits per heavy atom. The number of hydrogen-bond donors (Lipinski definition) is 1. The molecule has 120 valence electrons. The highest BCUT2D eigenvalue weighted by molar-refractivity contribution is 5.96. The van der Waals surface area contributed by atoms with Crippen LogP contribution in [-0.4, -0.2) is 24.2 Å². The minimum Gasteiger partial charge on any atom is -0.484 e. The number of hydrogen-bond acceptors (Lipinski definition) is 3. The summed E-state index contributed by atoms with van der Waals surface area (Å²) in [4.78, 5) is 14.1. The van der Waals surface area contributed by atoms with E-state index in [1.54, 1.807) is 17.0 Å². The Morgan fingerprint density at radius 3 is 2.70 bits per heavy atom. The van der Waals surface area contributed by atoms with Crippen molar-refractivity contribution in [3.63, 3.8) is 0 Å². The maximum Gasteiger partial charge on any atom is 0.264 e. The molecule has 23 heavy (non-hydrogen) atoms. The lowest BCUT2D eigenvalue weighted by atomic mass is 10.1. The Kier molecular flexibility index (Phi) is 4.63. The summed E-state index contributed by atoms with van der Waals surface area (Å²) in [5.74, 6) is 0.602. The van der Waals surface area contributed by atoms with Gasteiger partial charge in [-0.25, -0.2) is 0 Å². The second kappa shape index (κ2) is 6.84. The summed E-state index contributed by atoms with van der Waals surface area (Å²) in [5.41, 5.74) is 3.06. The highest BCUT2D eigenvalue weighted by Gasteiger charge is 2.24. The van der Waals surface area contributed by atoms with Crippen molar-refractivity contribution in [2.45, 2.75) is 25.9 Å². The van der Waals surface area contributed by atoms with E-state index in [4.69, 9.17) is 4.74 Å². The number of nitrogens with zero attached hydrogens (tertiary/aromatic N) is 1. The molecule has 0 fully saturated rings. The third kappa shape index (κ3) is 3.37. The number of para-hydroxylation sites is 1. The Bertz CT molecular complexity index is 681. The second-order valence-electron chi connectivity index (χ2n) is 5.71. The van der Waals surface area contributed by atoms with E-state index in [2.05, 4.69) is 6.07 Å². The fourth-order valence-electron chi connectivity index (χ4n) is 2.84. The van der Waals surface area contributed by atoms with Gasteiger partial charge < -0.3 is 14.7 Å². The number of carbonyl (C=O) groups is 1. The number of aliphatic hydroxyl groups excluding tert-OH is 1. The highest BCUT2D eigenvalue weighted by Crippen LogP contribution is 2.27. The van der Waals surface area contributed by atoms with E-state index in [9.17, 15) is 9.90 Å². The van der Waals surface area contributed by atoms with Crippen LogP contribution in [0.4, 0.5) is 5.69 Å². The van der Waals surface area contributed by atoms with Gasteiger partial charge in [-0.3, -0.25) is 4.79 Å². The minimum absolute atomic E-state index is 0.0179. The SMILES string of the molecule is CCC(O)c1ccc(OCC(=O)N2CCc3ccccc32)cc1. The molecule has 1 N–H and O–H groups in total. The summed E-state index contributed by atoms with van der Waals surface area (Å²) in [7, 11) is 0. The fourth-order valence-corrected chi connectivity index (χ4v) is 2.84. The van der Waals surface area contributed by atoms with Crippen LogP contribution in [0.1, 0.15) is 30.6 Å². The van der Waals surface area contributed by atoms with Crippen LogP contribution in [0.25, 0.3) is 0 Å². The maximum absolute atomic E-state index is 12.4. The first-order chi connectivity index (χ1) is 11.2. The van der Waals surface area contributed by atoms with Gasteiger partial charge in [-0.1, -0.05) is 37.3 Å². The molecule has 0 saturated heterocycles. The first-order valence-corrected chi connectivity index (χ1v) is 7.98. The van der Waals surface area contributed by atoms with Gasteiger partial charge in [0.2, 0.25) is 0 Å². The zero-order valence-corrected chi connectivity index (χ0v) is 13.2. The quantitative estimate of drug-likeness (QED) is 0.923. The highest BCUT2D eigenvalue weighted by atomic mass is 16.5.